The van der Waals surface area contributed by atoms with Gasteiger partial charge in [-0.15, -0.1) is 0 Å². The second kappa shape index (κ2) is 6.25. The lowest BCUT2D eigenvalue weighted by atomic mass is 9.84. The molecule has 2 nitrogen and oxygen atoms in total. The van der Waals surface area contributed by atoms with Crippen molar-refractivity contribution < 1.29 is 5.11 Å². The third-order valence-corrected chi connectivity index (χ3v) is 4.69. The summed E-state index contributed by atoms with van der Waals surface area (Å²) in [6.45, 7) is 2.87. The zero-order valence-electron chi connectivity index (χ0n) is 11.9. The first kappa shape index (κ1) is 14.8. The molecule has 106 valence electrons. The number of halogens is 1. The Morgan fingerprint density at radius 2 is 1.89 bits per heavy atom. The van der Waals surface area contributed by atoms with Crippen LogP contribution in [-0.4, -0.2) is 29.2 Å². The largest absolute Gasteiger partial charge is 0.389 e. The molecule has 0 spiro atoms. The van der Waals surface area contributed by atoms with Crippen molar-refractivity contribution in [1.29, 1.82) is 0 Å². The summed E-state index contributed by atoms with van der Waals surface area (Å²) in [6, 6.07) is 8.18. The molecule has 1 aromatic carbocycles. The van der Waals surface area contributed by atoms with Crippen molar-refractivity contribution >= 4 is 11.6 Å². The fourth-order valence-electron chi connectivity index (χ4n) is 3.02. The van der Waals surface area contributed by atoms with E-state index in [1.54, 1.807) is 0 Å². The Labute approximate surface area is 121 Å². The molecule has 1 atom stereocenters. The number of hydrogen-bond donors (Lipinski definition) is 1. The molecule has 1 saturated carbocycles. The van der Waals surface area contributed by atoms with E-state index in [2.05, 4.69) is 24.9 Å². The molecular formula is C16H24ClNO. The molecule has 19 heavy (non-hydrogen) atoms. The van der Waals surface area contributed by atoms with E-state index in [1.165, 1.54) is 6.42 Å². The number of rotatable bonds is 4. The Hall–Kier alpha value is -0.570. The first-order valence-electron chi connectivity index (χ1n) is 7.19. The Bertz CT molecular complexity index is 415. The Morgan fingerprint density at radius 1 is 1.26 bits per heavy atom. The van der Waals surface area contributed by atoms with Crippen LogP contribution < -0.4 is 0 Å². The van der Waals surface area contributed by atoms with Gasteiger partial charge in [0.25, 0.3) is 0 Å². The SMILES string of the molecule is CC(c1ccccc1Cl)N(C)CC1(O)CCCCC1. The van der Waals surface area contributed by atoms with Gasteiger partial charge in [0.1, 0.15) is 0 Å². The predicted octanol–water partition coefficient (Wildman–Crippen LogP) is 4.03. The maximum Gasteiger partial charge on any atom is 0.0774 e. The van der Waals surface area contributed by atoms with E-state index < -0.39 is 5.60 Å². The van der Waals surface area contributed by atoms with E-state index in [9.17, 15) is 5.11 Å². The van der Waals surface area contributed by atoms with Crippen molar-refractivity contribution in [3.05, 3.63) is 34.9 Å². The zero-order valence-corrected chi connectivity index (χ0v) is 12.7. The summed E-state index contributed by atoms with van der Waals surface area (Å²) in [5.74, 6) is 0. The summed E-state index contributed by atoms with van der Waals surface area (Å²) < 4.78 is 0. The number of hydrogen-bond acceptors (Lipinski definition) is 2. The van der Waals surface area contributed by atoms with E-state index in [1.807, 2.05) is 18.2 Å². The molecule has 1 fully saturated rings. The molecule has 0 radical (unpaired) electrons. The van der Waals surface area contributed by atoms with Gasteiger partial charge in [-0.3, -0.25) is 4.90 Å². The third-order valence-electron chi connectivity index (χ3n) is 4.34. The predicted molar refractivity (Wildman–Crippen MR) is 80.5 cm³/mol. The van der Waals surface area contributed by atoms with Crippen molar-refractivity contribution in [1.82, 2.24) is 4.90 Å². The standard InChI is InChI=1S/C16H24ClNO/c1-13(14-8-4-5-9-15(14)17)18(2)12-16(19)10-6-3-7-11-16/h4-5,8-9,13,19H,3,6-7,10-12H2,1-2H3. The van der Waals surface area contributed by atoms with Gasteiger partial charge in [-0.2, -0.15) is 0 Å². The average molecular weight is 282 g/mol. The quantitative estimate of drug-likeness (QED) is 0.901. The highest BCUT2D eigenvalue weighted by molar-refractivity contribution is 6.31. The fraction of sp³-hybridized carbons (Fsp3) is 0.625. The third kappa shape index (κ3) is 3.71. The number of nitrogens with zero attached hydrogens (tertiary/aromatic N) is 1. The van der Waals surface area contributed by atoms with Crippen molar-refractivity contribution in [2.45, 2.75) is 50.7 Å². The summed E-state index contributed by atoms with van der Waals surface area (Å²) in [7, 11) is 2.07. The van der Waals surface area contributed by atoms with Crippen LogP contribution in [0.25, 0.3) is 0 Å². The second-order valence-corrected chi connectivity index (χ2v) is 6.30. The first-order valence-corrected chi connectivity index (χ1v) is 7.57. The van der Waals surface area contributed by atoms with Crippen LogP contribution in [0.3, 0.4) is 0 Å². The summed E-state index contributed by atoms with van der Waals surface area (Å²) in [5, 5.41) is 11.4. The number of likely N-dealkylation sites (N-methyl/N-ethyl adjacent to an activating group) is 1. The van der Waals surface area contributed by atoms with E-state index in [0.29, 0.717) is 0 Å². The highest BCUT2D eigenvalue weighted by Gasteiger charge is 2.31. The maximum atomic E-state index is 10.6. The van der Waals surface area contributed by atoms with Crippen LogP contribution in [0.4, 0.5) is 0 Å². The first-order chi connectivity index (χ1) is 9.02. The van der Waals surface area contributed by atoms with Crippen LogP contribution >= 0.6 is 11.6 Å². The van der Waals surface area contributed by atoms with Gasteiger partial charge in [0.15, 0.2) is 0 Å². The maximum absolute atomic E-state index is 10.6. The molecule has 0 amide bonds. The lowest BCUT2D eigenvalue weighted by Crippen LogP contribution is -2.43. The van der Waals surface area contributed by atoms with E-state index >= 15 is 0 Å². The molecule has 0 aromatic heterocycles. The van der Waals surface area contributed by atoms with E-state index in [0.717, 1.165) is 42.8 Å². The van der Waals surface area contributed by atoms with Gasteiger partial charge in [-0.05, 0) is 38.4 Å². The number of aliphatic hydroxyl groups is 1. The minimum Gasteiger partial charge on any atom is -0.389 e. The van der Waals surface area contributed by atoms with E-state index in [4.69, 9.17) is 11.6 Å². The van der Waals surface area contributed by atoms with Crippen LogP contribution in [0.1, 0.15) is 50.6 Å². The Kier molecular flexibility index (Phi) is 4.88. The topological polar surface area (TPSA) is 23.5 Å². The van der Waals surface area contributed by atoms with Crippen LogP contribution in [0.15, 0.2) is 24.3 Å². The highest BCUT2D eigenvalue weighted by atomic mass is 35.5. The lowest BCUT2D eigenvalue weighted by molar-refractivity contribution is -0.0280. The highest BCUT2D eigenvalue weighted by Crippen LogP contribution is 2.32. The van der Waals surface area contributed by atoms with Gasteiger partial charge < -0.3 is 5.11 Å². The van der Waals surface area contributed by atoms with Gasteiger partial charge in [0, 0.05) is 17.6 Å². The summed E-state index contributed by atoms with van der Waals surface area (Å²) >= 11 is 6.25. The Balaban J connectivity index is 2.03. The van der Waals surface area contributed by atoms with Crippen molar-refractivity contribution in [3.8, 4) is 0 Å². The van der Waals surface area contributed by atoms with Gasteiger partial charge in [-0.25, -0.2) is 0 Å². The molecule has 0 bridgehead atoms. The smallest absolute Gasteiger partial charge is 0.0774 e. The van der Waals surface area contributed by atoms with Crippen LogP contribution in [0, 0.1) is 0 Å². The van der Waals surface area contributed by atoms with Crippen molar-refractivity contribution in [2.75, 3.05) is 13.6 Å². The van der Waals surface area contributed by atoms with Crippen molar-refractivity contribution in [3.63, 3.8) is 0 Å². The molecule has 2 rings (SSSR count). The molecule has 1 aliphatic rings. The minimum absolute atomic E-state index is 0.222. The second-order valence-electron chi connectivity index (χ2n) is 5.90. The molecule has 1 aliphatic carbocycles. The zero-order chi connectivity index (χ0) is 13.9. The van der Waals surface area contributed by atoms with Crippen molar-refractivity contribution in [2.24, 2.45) is 0 Å². The summed E-state index contributed by atoms with van der Waals surface area (Å²) in [5.41, 5.74) is 0.619. The molecule has 0 heterocycles. The van der Waals surface area contributed by atoms with E-state index in [-0.39, 0.29) is 6.04 Å². The van der Waals surface area contributed by atoms with Gasteiger partial charge in [0.2, 0.25) is 0 Å². The normalized spacial score (nSPS) is 20.5. The minimum atomic E-state index is -0.511. The molecule has 1 unspecified atom stereocenters. The van der Waals surface area contributed by atoms with Gasteiger partial charge in [-0.1, -0.05) is 49.1 Å². The molecule has 0 saturated heterocycles. The molecule has 0 aliphatic heterocycles. The Morgan fingerprint density at radius 3 is 2.53 bits per heavy atom. The van der Waals surface area contributed by atoms with Crippen LogP contribution in [0.2, 0.25) is 5.02 Å². The molecule has 3 heteroatoms. The van der Waals surface area contributed by atoms with Crippen LogP contribution in [-0.2, 0) is 0 Å². The molecule has 1 aromatic rings. The summed E-state index contributed by atoms with van der Waals surface area (Å²) in [6.07, 6.45) is 5.39. The monoisotopic (exact) mass is 281 g/mol. The molecule has 1 N–H and O–H groups in total. The van der Waals surface area contributed by atoms with Gasteiger partial charge in [0.05, 0.1) is 5.60 Å². The van der Waals surface area contributed by atoms with Gasteiger partial charge >= 0.3 is 0 Å². The lowest BCUT2D eigenvalue weighted by Gasteiger charge is -2.38. The molecular weight excluding hydrogens is 258 g/mol. The average Bonchev–Trinajstić information content (AvgIpc) is 2.39. The number of benzene rings is 1. The fourth-order valence-corrected chi connectivity index (χ4v) is 3.31. The van der Waals surface area contributed by atoms with Crippen LogP contribution in [0.5, 0.6) is 0 Å². The summed E-state index contributed by atoms with van der Waals surface area (Å²) in [4.78, 5) is 2.21.